The van der Waals surface area contributed by atoms with E-state index in [1.54, 1.807) is 6.92 Å². The highest BCUT2D eigenvalue weighted by Crippen LogP contribution is 2.13. The van der Waals surface area contributed by atoms with E-state index < -0.39 is 5.97 Å². The number of nitrogens with zero attached hydrogens (tertiary/aromatic N) is 2. The maximum atomic E-state index is 12.1. The number of carbonyl (C=O) groups is 4. The van der Waals surface area contributed by atoms with Gasteiger partial charge in [-0.25, -0.2) is 0 Å². The van der Waals surface area contributed by atoms with Crippen LogP contribution in [0, 0.1) is 0 Å². The first kappa shape index (κ1) is 16.1. The minimum Gasteiger partial charge on any atom is -0.480 e. The SMILES string of the molecule is CCC(C)N(CC(=O)O)C(=O)CCN1C(=O)CCC1=O. The van der Waals surface area contributed by atoms with Gasteiger partial charge in [0, 0.05) is 31.8 Å². The van der Waals surface area contributed by atoms with Crippen molar-refractivity contribution >= 4 is 23.7 Å². The maximum Gasteiger partial charge on any atom is 0.323 e. The van der Waals surface area contributed by atoms with Crippen LogP contribution in [-0.2, 0) is 19.2 Å². The molecule has 0 aromatic carbocycles. The molecule has 1 rings (SSSR count). The first-order chi connectivity index (χ1) is 9.36. The lowest BCUT2D eigenvalue weighted by atomic mass is 10.2. The monoisotopic (exact) mass is 284 g/mol. The third-order valence-corrected chi connectivity index (χ3v) is 3.45. The van der Waals surface area contributed by atoms with E-state index in [0.29, 0.717) is 6.42 Å². The average Bonchev–Trinajstić information content (AvgIpc) is 2.71. The van der Waals surface area contributed by atoms with Gasteiger partial charge in [-0.3, -0.25) is 24.1 Å². The van der Waals surface area contributed by atoms with E-state index in [4.69, 9.17) is 5.11 Å². The lowest BCUT2D eigenvalue weighted by Crippen LogP contribution is -2.43. The Bertz CT molecular complexity index is 405. The third-order valence-electron chi connectivity index (χ3n) is 3.45. The number of hydrogen-bond acceptors (Lipinski definition) is 4. The van der Waals surface area contributed by atoms with Crippen molar-refractivity contribution in [2.75, 3.05) is 13.1 Å². The number of carboxylic acids is 1. The Morgan fingerprint density at radius 3 is 2.30 bits per heavy atom. The van der Waals surface area contributed by atoms with Crippen LogP contribution < -0.4 is 0 Å². The van der Waals surface area contributed by atoms with Gasteiger partial charge >= 0.3 is 5.97 Å². The number of carbonyl (C=O) groups excluding carboxylic acids is 3. The summed E-state index contributed by atoms with van der Waals surface area (Å²) in [6.07, 6.45) is 0.990. The fourth-order valence-electron chi connectivity index (χ4n) is 2.08. The van der Waals surface area contributed by atoms with E-state index in [0.717, 1.165) is 4.90 Å². The van der Waals surface area contributed by atoms with Gasteiger partial charge in [-0.05, 0) is 13.3 Å². The summed E-state index contributed by atoms with van der Waals surface area (Å²) >= 11 is 0. The van der Waals surface area contributed by atoms with Crippen molar-refractivity contribution in [2.45, 2.75) is 45.6 Å². The second-order valence-electron chi connectivity index (χ2n) is 4.86. The van der Waals surface area contributed by atoms with Gasteiger partial charge in [0.05, 0.1) is 0 Å². The quantitative estimate of drug-likeness (QED) is 0.676. The number of rotatable bonds is 7. The number of imide groups is 1. The van der Waals surface area contributed by atoms with E-state index in [1.165, 1.54) is 4.90 Å². The van der Waals surface area contributed by atoms with Crippen molar-refractivity contribution in [3.05, 3.63) is 0 Å². The Balaban J connectivity index is 2.59. The van der Waals surface area contributed by atoms with Crippen molar-refractivity contribution in [1.82, 2.24) is 9.80 Å². The molecule has 0 radical (unpaired) electrons. The Labute approximate surface area is 117 Å². The van der Waals surface area contributed by atoms with Crippen molar-refractivity contribution in [2.24, 2.45) is 0 Å². The average molecular weight is 284 g/mol. The Morgan fingerprint density at radius 1 is 1.30 bits per heavy atom. The van der Waals surface area contributed by atoms with Crippen LogP contribution in [0.2, 0.25) is 0 Å². The normalized spacial score (nSPS) is 16.4. The lowest BCUT2D eigenvalue weighted by molar-refractivity contribution is -0.147. The summed E-state index contributed by atoms with van der Waals surface area (Å²) in [4.78, 5) is 48.0. The summed E-state index contributed by atoms with van der Waals surface area (Å²) in [5.41, 5.74) is 0. The molecule has 7 nitrogen and oxygen atoms in total. The molecular formula is C13H20N2O5. The van der Waals surface area contributed by atoms with Crippen molar-refractivity contribution in [3.8, 4) is 0 Å². The number of hydrogen-bond donors (Lipinski definition) is 1. The molecule has 0 spiro atoms. The molecule has 1 fully saturated rings. The summed E-state index contributed by atoms with van der Waals surface area (Å²) in [7, 11) is 0. The number of amides is 3. The van der Waals surface area contributed by atoms with Crippen LogP contribution in [0.1, 0.15) is 39.5 Å². The van der Waals surface area contributed by atoms with E-state index in [9.17, 15) is 19.2 Å². The highest BCUT2D eigenvalue weighted by Gasteiger charge is 2.30. The van der Waals surface area contributed by atoms with Crippen LogP contribution in [0.25, 0.3) is 0 Å². The number of carboxylic acid groups (broad SMARTS) is 1. The molecule has 0 aliphatic carbocycles. The van der Waals surface area contributed by atoms with Gasteiger partial charge < -0.3 is 10.0 Å². The van der Waals surface area contributed by atoms with E-state index in [-0.39, 0.29) is 56.1 Å². The highest BCUT2D eigenvalue weighted by molar-refractivity contribution is 6.02. The molecule has 1 atom stereocenters. The van der Waals surface area contributed by atoms with Gasteiger partial charge in [0.15, 0.2) is 0 Å². The van der Waals surface area contributed by atoms with E-state index >= 15 is 0 Å². The first-order valence-electron chi connectivity index (χ1n) is 6.71. The van der Waals surface area contributed by atoms with E-state index in [1.807, 2.05) is 6.92 Å². The van der Waals surface area contributed by atoms with Crippen LogP contribution in [0.15, 0.2) is 0 Å². The summed E-state index contributed by atoms with van der Waals surface area (Å²) in [5, 5.41) is 8.83. The fourth-order valence-corrected chi connectivity index (χ4v) is 2.08. The maximum absolute atomic E-state index is 12.1. The van der Waals surface area contributed by atoms with E-state index in [2.05, 4.69) is 0 Å². The first-order valence-corrected chi connectivity index (χ1v) is 6.71. The topological polar surface area (TPSA) is 95.0 Å². The minimum atomic E-state index is -1.08. The molecule has 112 valence electrons. The molecule has 1 saturated heterocycles. The summed E-state index contributed by atoms with van der Waals surface area (Å²) in [5.74, 6) is -1.96. The van der Waals surface area contributed by atoms with Gasteiger partial charge in [0.2, 0.25) is 17.7 Å². The molecule has 1 unspecified atom stereocenters. The second kappa shape index (κ2) is 7.02. The largest absolute Gasteiger partial charge is 0.480 e. The van der Waals surface area contributed by atoms with Gasteiger partial charge in [0.25, 0.3) is 0 Å². The smallest absolute Gasteiger partial charge is 0.323 e. The molecule has 1 N–H and O–H groups in total. The van der Waals surface area contributed by atoms with Crippen molar-refractivity contribution in [1.29, 1.82) is 0 Å². The molecule has 0 bridgehead atoms. The molecule has 1 aliphatic rings. The summed E-state index contributed by atoms with van der Waals surface area (Å²) in [6, 6.07) is -0.191. The van der Waals surface area contributed by atoms with Gasteiger partial charge in [-0.1, -0.05) is 6.92 Å². The van der Waals surface area contributed by atoms with Crippen LogP contribution in [0.4, 0.5) is 0 Å². The Hall–Kier alpha value is -1.92. The van der Waals surface area contributed by atoms with Gasteiger partial charge in [-0.15, -0.1) is 0 Å². The van der Waals surface area contributed by atoms with Crippen molar-refractivity contribution in [3.63, 3.8) is 0 Å². The van der Waals surface area contributed by atoms with Crippen LogP contribution in [-0.4, -0.2) is 57.7 Å². The molecule has 0 aromatic heterocycles. The molecular weight excluding hydrogens is 264 g/mol. The van der Waals surface area contributed by atoms with Crippen LogP contribution in [0.3, 0.4) is 0 Å². The van der Waals surface area contributed by atoms with Crippen LogP contribution in [0.5, 0.6) is 0 Å². The standard InChI is InChI=1S/C13H20N2O5/c1-3-9(2)15(8-13(19)20)12(18)6-7-14-10(16)4-5-11(14)17/h9H,3-8H2,1-2H3,(H,19,20). The molecule has 1 heterocycles. The number of aliphatic carboxylic acids is 1. The van der Waals surface area contributed by atoms with Gasteiger partial charge in [-0.2, -0.15) is 0 Å². The summed E-state index contributed by atoms with van der Waals surface area (Å²) < 4.78 is 0. The lowest BCUT2D eigenvalue weighted by Gasteiger charge is -2.27. The third kappa shape index (κ3) is 4.04. The predicted molar refractivity (Wildman–Crippen MR) is 69.7 cm³/mol. The zero-order chi connectivity index (χ0) is 15.3. The molecule has 0 aromatic rings. The predicted octanol–water partition coefficient (Wildman–Crippen LogP) is 0.237. The molecule has 3 amide bonds. The molecule has 0 saturated carbocycles. The van der Waals surface area contributed by atoms with Gasteiger partial charge in [0.1, 0.15) is 6.54 Å². The Kier molecular flexibility index (Phi) is 5.66. The zero-order valence-electron chi connectivity index (χ0n) is 11.8. The highest BCUT2D eigenvalue weighted by atomic mass is 16.4. The second-order valence-corrected chi connectivity index (χ2v) is 4.86. The molecule has 7 heteroatoms. The summed E-state index contributed by atoms with van der Waals surface area (Å²) in [6.45, 7) is 3.30. The minimum absolute atomic E-state index is 0.0308. The molecule has 20 heavy (non-hydrogen) atoms. The molecule has 1 aliphatic heterocycles. The number of likely N-dealkylation sites (tertiary alicyclic amines) is 1. The van der Waals surface area contributed by atoms with Crippen LogP contribution >= 0.6 is 0 Å². The van der Waals surface area contributed by atoms with Crippen molar-refractivity contribution < 1.29 is 24.3 Å². The Morgan fingerprint density at radius 2 is 1.85 bits per heavy atom. The fraction of sp³-hybridized carbons (Fsp3) is 0.692. The zero-order valence-corrected chi connectivity index (χ0v) is 11.8.